The first-order chi connectivity index (χ1) is 8.74. The van der Waals surface area contributed by atoms with E-state index >= 15 is 0 Å². The summed E-state index contributed by atoms with van der Waals surface area (Å²) in [5.74, 6) is 0. The number of carbonyl (C=O) groups is 1. The highest BCUT2D eigenvalue weighted by atomic mass is 79.9. The van der Waals surface area contributed by atoms with E-state index in [2.05, 4.69) is 27.1 Å². The largest absolute Gasteiger partial charge is 0.298 e. The molecule has 1 aromatic carbocycles. The molecule has 1 heterocycles. The third-order valence-corrected chi connectivity index (χ3v) is 2.96. The number of rotatable bonds is 4. The van der Waals surface area contributed by atoms with E-state index in [0.717, 1.165) is 16.3 Å². The van der Waals surface area contributed by atoms with Gasteiger partial charge in [0.25, 0.3) is 0 Å². The lowest BCUT2D eigenvalue weighted by Gasteiger charge is -1.99. The van der Waals surface area contributed by atoms with E-state index in [1.54, 1.807) is 10.9 Å². The Bertz CT molecular complexity index is 613. The predicted octanol–water partition coefficient (Wildman–Crippen LogP) is 3.04. The van der Waals surface area contributed by atoms with Gasteiger partial charge in [0, 0.05) is 16.2 Å². The molecule has 18 heavy (non-hydrogen) atoms. The van der Waals surface area contributed by atoms with Crippen molar-refractivity contribution in [3.63, 3.8) is 0 Å². The summed E-state index contributed by atoms with van der Waals surface area (Å²) in [6, 6.07) is 9.66. The van der Waals surface area contributed by atoms with Crippen LogP contribution in [0.5, 0.6) is 0 Å². The second kappa shape index (κ2) is 5.61. The number of halogens is 1. The zero-order chi connectivity index (χ0) is 13.0. The maximum Gasteiger partial charge on any atom is 0.153 e. The Morgan fingerprint density at radius 2 is 2.33 bits per heavy atom. The van der Waals surface area contributed by atoms with Crippen molar-refractivity contribution in [1.29, 1.82) is 5.26 Å². The van der Waals surface area contributed by atoms with Crippen molar-refractivity contribution in [3.05, 3.63) is 40.5 Å². The summed E-state index contributed by atoms with van der Waals surface area (Å²) < 4.78 is 2.56. The highest BCUT2D eigenvalue weighted by Gasteiger charge is 2.10. The van der Waals surface area contributed by atoms with Crippen molar-refractivity contribution >= 4 is 22.2 Å². The fraction of sp³-hybridized carbons (Fsp3) is 0.154. The van der Waals surface area contributed by atoms with Gasteiger partial charge in [-0.3, -0.25) is 9.48 Å². The number of aldehydes is 1. The fourth-order valence-corrected chi connectivity index (χ4v) is 2.06. The minimum Gasteiger partial charge on any atom is -0.298 e. The molecule has 0 aliphatic carbocycles. The number of aryl methyl sites for hydroxylation is 1. The van der Waals surface area contributed by atoms with Gasteiger partial charge in [-0.15, -0.1) is 0 Å². The first-order valence-corrected chi connectivity index (χ1v) is 6.19. The van der Waals surface area contributed by atoms with Crippen LogP contribution in [-0.2, 0) is 6.54 Å². The summed E-state index contributed by atoms with van der Waals surface area (Å²) in [5, 5.41) is 12.9. The Balaban J connectivity index is 2.40. The number of carbonyl (C=O) groups excluding carboxylic acids is 1. The molecule has 0 fully saturated rings. The predicted molar refractivity (Wildman–Crippen MR) is 71.0 cm³/mol. The number of aromatic nitrogens is 2. The molecule has 0 unspecified atom stereocenters. The third-order valence-electron chi connectivity index (χ3n) is 2.47. The van der Waals surface area contributed by atoms with Crippen molar-refractivity contribution in [2.45, 2.75) is 13.0 Å². The van der Waals surface area contributed by atoms with Crippen LogP contribution in [0.3, 0.4) is 0 Å². The molecule has 0 N–H and O–H groups in total. The molecular weight excluding hydrogens is 294 g/mol. The van der Waals surface area contributed by atoms with E-state index in [4.69, 9.17) is 5.26 Å². The molecular formula is C13H10BrN3O. The normalized spacial score (nSPS) is 10.0. The molecule has 0 bridgehead atoms. The highest BCUT2D eigenvalue weighted by molar-refractivity contribution is 9.10. The number of benzene rings is 1. The van der Waals surface area contributed by atoms with E-state index in [9.17, 15) is 4.79 Å². The van der Waals surface area contributed by atoms with E-state index in [1.807, 2.05) is 24.3 Å². The van der Waals surface area contributed by atoms with Gasteiger partial charge in [-0.2, -0.15) is 10.4 Å². The van der Waals surface area contributed by atoms with Crippen molar-refractivity contribution in [1.82, 2.24) is 9.78 Å². The maximum absolute atomic E-state index is 11.0. The van der Waals surface area contributed by atoms with Crippen molar-refractivity contribution in [3.8, 4) is 17.3 Å². The molecule has 0 amide bonds. The first-order valence-electron chi connectivity index (χ1n) is 5.40. The summed E-state index contributed by atoms with van der Waals surface area (Å²) in [6.45, 7) is 0.491. The average molecular weight is 304 g/mol. The Morgan fingerprint density at radius 1 is 1.50 bits per heavy atom. The van der Waals surface area contributed by atoms with Gasteiger partial charge in [-0.25, -0.2) is 0 Å². The SMILES string of the molecule is N#CCCn1cc(C=O)c(-c2cccc(Br)c2)n1. The lowest BCUT2D eigenvalue weighted by Crippen LogP contribution is -1.97. The molecule has 0 saturated heterocycles. The molecule has 90 valence electrons. The van der Waals surface area contributed by atoms with Gasteiger partial charge in [-0.1, -0.05) is 28.1 Å². The van der Waals surface area contributed by atoms with Gasteiger partial charge in [-0.05, 0) is 12.1 Å². The van der Waals surface area contributed by atoms with E-state index in [-0.39, 0.29) is 0 Å². The van der Waals surface area contributed by atoms with Crippen LogP contribution in [0.4, 0.5) is 0 Å². The quantitative estimate of drug-likeness (QED) is 0.816. The molecule has 0 saturated carbocycles. The molecule has 5 heteroatoms. The summed E-state index contributed by atoms with van der Waals surface area (Å²) in [4.78, 5) is 11.0. The van der Waals surface area contributed by atoms with Crippen LogP contribution in [0.1, 0.15) is 16.8 Å². The summed E-state index contributed by atoms with van der Waals surface area (Å²) >= 11 is 3.39. The lowest BCUT2D eigenvalue weighted by molar-refractivity contribution is 0.112. The Morgan fingerprint density at radius 3 is 3.00 bits per heavy atom. The van der Waals surface area contributed by atoms with Crippen LogP contribution < -0.4 is 0 Å². The van der Waals surface area contributed by atoms with Crippen molar-refractivity contribution in [2.75, 3.05) is 0 Å². The van der Waals surface area contributed by atoms with Gasteiger partial charge in [0.1, 0.15) is 5.69 Å². The van der Waals surface area contributed by atoms with Crippen molar-refractivity contribution in [2.24, 2.45) is 0 Å². The second-order valence-electron chi connectivity index (χ2n) is 3.73. The smallest absolute Gasteiger partial charge is 0.153 e. The van der Waals surface area contributed by atoms with Crippen LogP contribution in [0.2, 0.25) is 0 Å². The molecule has 0 atom stereocenters. The summed E-state index contributed by atoms with van der Waals surface area (Å²) in [6.07, 6.45) is 2.82. The van der Waals surface area contributed by atoms with Crippen LogP contribution in [0.25, 0.3) is 11.3 Å². The zero-order valence-corrected chi connectivity index (χ0v) is 11.1. The van der Waals surface area contributed by atoms with E-state index < -0.39 is 0 Å². The second-order valence-corrected chi connectivity index (χ2v) is 4.65. The molecule has 0 aliphatic rings. The van der Waals surface area contributed by atoms with E-state index in [1.165, 1.54) is 0 Å². The molecule has 0 aliphatic heterocycles. The fourth-order valence-electron chi connectivity index (χ4n) is 1.66. The van der Waals surface area contributed by atoms with Crippen LogP contribution in [0, 0.1) is 11.3 Å². The molecule has 4 nitrogen and oxygen atoms in total. The summed E-state index contributed by atoms with van der Waals surface area (Å²) in [5.41, 5.74) is 2.05. The number of hydrogen-bond acceptors (Lipinski definition) is 3. The number of nitriles is 1. The van der Waals surface area contributed by atoms with Crippen LogP contribution in [-0.4, -0.2) is 16.1 Å². The highest BCUT2D eigenvalue weighted by Crippen LogP contribution is 2.24. The van der Waals surface area contributed by atoms with Crippen LogP contribution >= 0.6 is 15.9 Å². The lowest BCUT2D eigenvalue weighted by atomic mass is 10.1. The number of nitrogens with zero attached hydrogens (tertiary/aromatic N) is 3. The van der Waals surface area contributed by atoms with Gasteiger partial charge in [0.15, 0.2) is 6.29 Å². The van der Waals surface area contributed by atoms with Gasteiger partial charge < -0.3 is 0 Å². The minimum absolute atomic E-state index is 0.373. The maximum atomic E-state index is 11.0. The monoisotopic (exact) mass is 303 g/mol. The standard InChI is InChI=1S/C13H10BrN3O/c14-12-4-1-3-10(7-12)13-11(9-18)8-17(16-13)6-2-5-15/h1,3-4,7-9H,2,6H2. The molecule has 1 aromatic heterocycles. The van der Waals surface area contributed by atoms with E-state index in [0.29, 0.717) is 24.2 Å². The third kappa shape index (κ3) is 2.66. The Labute approximate surface area is 113 Å². The Kier molecular flexibility index (Phi) is 3.90. The zero-order valence-electron chi connectivity index (χ0n) is 9.51. The topological polar surface area (TPSA) is 58.7 Å². The Hall–Kier alpha value is -1.93. The molecule has 2 rings (SSSR count). The summed E-state index contributed by atoms with van der Waals surface area (Å²) in [7, 11) is 0. The van der Waals surface area contributed by atoms with Gasteiger partial charge in [0.2, 0.25) is 0 Å². The first kappa shape index (κ1) is 12.5. The van der Waals surface area contributed by atoms with Gasteiger partial charge >= 0.3 is 0 Å². The molecule has 2 aromatic rings. The molecule has 0 radical (unpaired) electrons. The molecule has 0 spiro atoms. The van der Waals surface area contributed by atoms with Crippen LogP contribution in [0.15, 0.2) is 34.9 Å². The van der Waals surface area contributed by atoms with Crippen molar-refractivity contribution < 1.29 is 4.79 Å². The minimum atomic E-state index is 0.373. The van der Waals surface area contributed by atoms with Gasteiger partial charge in [0.05, 0.1) is 24.6 Å². The number of hydrogen-bond donors (Lipinski definition) is 0. The average Bonchev–Trinajstić information content (AvgIpc) is 2.79.